The number of aromatic nitrogens is 1. The van der Waals surface area contributed by atoms with E-state index in [1.807, 2.05) is 0 Å². The number of aromatic amines is 1. The highest BCUT2D eigenvalue weighted by molar-refractivity contribution is 9.10. The Balaban J connectivity index is 2.47. The summed E-state index contributed by atoms with van der Waals surface area (Å²) in [6.07, 6.45) is 1.74. The minimum absolute atomic E-state index is 0.152. The van der Waals surface area contributed by atoms with Crippen molar-refractivity contribution in [2.45, 2.75) is 6.61 Å². The predicted octanol–water partition coefficient (Wildman–Crippen LogP) is 3.53. The lowest BCUT2D eigenvalue weighted by Crippen LogP contribution is -2.01. The van der Waals surface area contributed by atoms with E-state index in [2.05, 4.69) is 25.7 Å². The second-order valence-electron chi connectivity index (χ2n) is 2.73. The van der Waals surface area contributed by atoms with Crippen LogP contribution < -0.4 is 4.74 Å². The smallest absolute Gasteiger partial charge is 0.387 e. The highest BCUT2D eigenvalue weighted by atomic mass is 79.9. The molecule has 0 radical (unpaired) electrons. The lowest BCUT2D eigenvalue weighted by molar-refractivity contribution is -0.0497. The molecule has 0 unspecified atom stereocenters. The molecule has 14 heavy (non-hydrogen) atoms. The zero-order valence-electron chi connectivity index (χ0n) is 6.93. The van der Waals surface area contributed by atoms with Crippen LogP contribution >= 0.6 is 15.9 Å². The molecule has 0 saturated carbocycles. The van der Waals surface area contributed by atoms with Crippen LogP contribution in [0.1, 0.15) is 0 Å². The van der Waals surface area contributed by atoms with Gasteiger partial charge in [-0.2, -0.15) is 8.78 Å². The van der Waals surface area contributed by atoms with Crippen molar-refractivity contribution in [3.8, 4) is 5.75 Å². The Morgan fingerprint density at radius 3 is 2.86 bits per heavy atom. The zero-order chi connectivity index (χ0) is 10.1. The van der Waals surface area contributed by atoms with Crippen LogP contribution in [0.15, 0.2) is 28.9 Å². The van der Waals surface area contributed by atoms with Gasteiger partial charge in [-0.1, -0.05) is 0 Å². The van der Waals surface area contributed by atoms with Gasteiger partial charge in [-0.05, 0) is 34.1 Å². The fourth-order valence-electron chi connectivity index (χ4n) is 1.27. The number of hydrogen-bond acceptors (Lipinski definition) is 1. The lowest BCUT2D eigenvalue weighted by atomic mass is 10.2. The molecule has 1 aromatic carbocycles. The molecule has 0 fully saturated rings. The molecule has 0 aliphatic rings. The first-order valence-corrected chi connectivity index (χ1v) is 4.67. The van der Waals surface area contributed by atoms with Crippen molar-refractivity contribution in [2.75, 3.05) is 0 Å². The van der Waals surface area contributed by atoms with E-state index in [1.54, 1.807) is 18.3 Å². The summed E-state index contributed by atoms with van der Waals surface area (Å²) in [7, 11) is 0. The Labute approximate surface area is 87.0 Å². The quantitative estimate of drug-likeness (QED) is 0.879. The summed E-state index contributed by atoms with van der Waals surface area (Å²) in [5.41, 5.74) is 0.867. The van der Waals surface area contributed by atoms with E-state index in [1.165, 1.54) is 6.07 Å². The van der Waals surface area contributed by atoms with E-state index in [9.17, 15) is 8.78 Å². The molecule has 1 N–H and O–H groups in total. The van der Waals surface area contributed by atoms with E-state index in [0.717, 1.165) is 10.9 Å². The van der Waals surface area contributed by atoms with Gasteiger partial charge in [0.15, 0.2) is 0 Å². The molecule has 74 valence electrons. The van der Waals surface area contributed by atoms with Crippen LogP contribution in [0.3, 0.4) is 0 Å². The van der Waals surface area contributed by atoms with Gasteiger partial charge in [0, 0.05) is 16.1 Å². The second kappa shape index (κ2) is 3.57. The molecule has 0 spiro atoms. The minimum Gasteiger partial charge on any atom is -0.435 e. The zero-order valence-corrected chi connectivity index (χ0v) is 8.51. The van der Waals surface area contributed by atoms with Crippen LogP contribution in [0, 0.1) is 0 Å². The monoisotopic (exact) mass is 261 g/mol. The van der Waals surface area contributed by atoms with Gasteiger partial charge in [-0.15, -0.1) is 0 Å². The van der Waals surface area contributed by atoms with Gasteiger partial charge < -0.3 is 9.72 Å². The largest absolute Gasteiger partial charge is 0.435 e. The van der Waals surface area contributed by atoms with Crippen molar-refractivity contribution < 1.29 is 13.5 Å². The van der Waals surface area contributed by atoms with Crippen LogP contribution in [0.4, 0.5) is 8.78 Å². The molecule has 0 saturated heterocycles. The van der Waals surface area contributed by atoms with Crippen molar-refractivity contribution in [1.29, 1.82) is 0 Å². The number of benzene rings is 1. The summed E-state index contributed by atoms with van der Waals surface area (Å²) in [6, 6.07) is 4.85. The van der Waals surface area contributed by atoms with E-state index in [0.29, 0.717) is 4.47 Å². The maximum Gasteiger partial charge on any atom is 0.387 e. The van der Waals surface area contributed by atoms with E-state index in [-0.39, 0.29) is 5.75 Å². The maximum atomic E-state index is 11.9. The summed E-state index contributed by atoms with van der Waals surface area (Å²) in [4.78, 5) is 2.98. The van der Waals surface area contributed by atoms with E-state index < -0.39 is 6.61 Å². The van der Waals surface area contributed by atoms with Gasteiger partial charge in [0.2, 0.25) is 0 Å². The summed E-state index contributed by atoms with van der Waals surface area (Å²) < 4.78 is 28.9. The Morgan fingerprint density at radius 1 is 1.36 bits per heavy atom. The molecule has 0 amide bonds. The third-order valence-corrected chi connectivity index (χ3v) is 2.44. The number of H-pyrrole nitrogens is 1. The molecule has 0 aliphatic heterocycles. The third kappa shape index (κ3) is 1.72. The predicted molar refractivity (Wildman–Crippen MR) is 52.6 cm³/mol. The SMILES string of the molecule is FC(F)Oc1cc(Br)c2[nH]ccc2c1. The summed E-state index contributed by atoms with van der Waals surface area (Å²) in [5.74, 6) is 0.152. The first-order chi connectivity index (χ1) is 6.66. The molecule has 5 heteroatoms. The van der Waals surface area contributed by atoms with E-state index >= 15 is 0 Å². The average Bonchev–Trinajstić information content (AvgIpc) is 2.50. The second-order valence-corrected chi connectivity index (χ2v) is 3.58. The minimum atomic E-state index is -2.79. The number of fused-ring (bicyclic) bond motifs is 1. The lowest BCUT2D eigenvalue weighted by Gasteiger charge is -2.05. The highest BCUT2D eigenvalue weighted by Crippen LogP contribution is 2.29. The first-order valence-electron chi connectivity index (χ1n) is 3.88. The fourth-order valence-corrected chi connectivity index (χ4v) is 1.84. The van der Waals surface area contributed by atoms with Crippen LogP contribution in [0.2, 0.25) is 0 Å². The fraction of sp³-hybridized carbons (Fsp3) is 0.111. The van der Waals surface area contributed by atoms with Crippen molar-refractivity contribution in [3.63, 3.8) is 0 Å². The number of ether oxygens (including phenoxy) is 1. The van der Waals surface area contributed by atoms with Gasteiger partial charge in [-0.3, -0.25) is 0 Å². The van der Waals surface area contributed by atoms with Crippen molar-refractivity contribution in [1.82, 2.24) is 4.98 Å². The molecule has 2 nitrogen and oxygen atoms in total. The number of halogens is 3. The Hall–Kier alpha value is -1.10. The van der Waals surface area contributed by atoms with Crippen LogP contribution in [0.5, 0.6) is 5.75 Å². The van der Waals surface area contributed by atoms with E-state index in [4.69, 9.17) is 0 Å². The molecule has 2 rings (SSSR count). The molecular formula is C9H6BrF2NO. The molecule has 1 aromatic heterocycles. The van der Waals surface area contributed by atoms with Gasteiger partial charge in [-0.25, -0.2) is 0 Å². The molecule has 2 aromatic rings. The topological polar surface area (TPSA) is 25.0 Å². The summed E-state index contributed by atoms with van der Waals surface area (Å²) in [6.45, 7) is -2.79. The average molecular weight is 262 g/mol. The molecule has 1 heterocycles. The molecule has 0 bridgehead atoms. The Bertz CT molecular complexity index is 455. The Morgan fingerprint density at radius 2 is 2.14 bits per heavy atom. The molecular weight excluding hydrogens is 256 g/mol. The van der Waals surface area contributed by atoms with Crippen molar-refractivity contribution in [2.24, 2.45) is 0 Å². The van der Waals surface area contributed by atoms with Crippen LogP contribution in [0.25, 0.3) is 10.9 Å². The standard InChI is InChI=1S/C9H6BrF2NO/c10-7-4-6(14-9(11)12)3-5-1-2-13-8(5)7/h1-4,9,13H. The Kier molecular flexibility index (Phi) is 2.41. The number of alkyl halides is 2. The van der Waals surface area contributed by atoms with Crippen molar-refractivity contribution >= 4 is 26.8 Å². The number of hydrogen-bond donors (Lipinski definition) is 1. The van der Waals surface area contributed by atoms with Crippen LogP contribution in [-0.2, 0) is 0 Å². The first kappa shape index (κ1) is 9.45. The molecule has 0 aliphatic carbocycles. The third-order valence-electron chi connectivity index (χ3n) is 1.81. The van der Waals surface area contributed by atoms with Gasteiger partial charge in [0.05, 0.1) is 5.52 Å². The van der Waals surface area contributed by atoms with Crippen molar-refractivity contribution in [3.05, 3.63) is 28.9 Å². The maximum absolute atomic E-state index is 11.9. The highest BCUT2D eigenvalue weighted by Gasteiger charge is 2.07. The normalized spacial score (nSPS) is 11.1. The van der Waals surface area contributed by atoms with Gasteiger partial charge >= 0.3 is 6.61 Å². The number of nitrogens with one attached hydrogen (secondary N) is 1. The summed E-state index contributed by atoms with van der Waals surface area (Å²) >= 11 is 3.26. The summed E-state index contributed by atoms with van der Waals surface area (Å²) in [5, 5.41) is 0.829. The van der Waals surface area contributed by atoms with Crippen LogP contribution in [-0.4, -0.2) is 11.6 Å². The van der Waals surface area contributed by atoms with Gasteiger partial charge in [0.1, 0.15) is 5.75 Å². The number of rotatable bonds is 2. The molecule has 0 atom stereocenters. The van der Waals surface area contributed by atoms with Gasteiger partial charge in [0.25, 0.3) is 0 Å².